The molecule has 0 bridgehead atoms. The Morgan fingerprint density at radius 2 is 1.68 bits per heavy atom. The Balaban J connectivity index is 1.15. The largest absolute Gasteiger partial charge is 0.489 e. The maximum absolute atomic E-state index is 13.7. The quantitative estimate of drug-likeness (QED) is 0.214. The zero-order valence-corrected chi connectivity index (χ0v) is 22.5. The van der Waals surface area contributed by atoms with Gasteiger partial charge in [0.2, 0.25) is 11.8 Å². The maximum atomic E-state index is 13.7. The number of halogens is 2. The van der Waals surface area contributed by atoms with Gasteiger partial charge in [-0.15, -0.1) is 0 Å². The molecule has 2 amide bonds. The third-order valence-electron chi connectivity index (χ3n) is 7.29. The first-order chi connectivity index (χ1) is 19.9. The third-order valence-corrected chi connectivity index (χ3v) is 7.29. The van der Waals surface area contributed by atoms with Crippen molar-refractivity contribution in [2.75, 3.05) is 19.6 Å². The second-order valence-corrected chi connectivity index (χ2v) is 10.1. The van der Waals surface area contributed by atoms with E-state index >= 15 is 0 Å². The van der Waals surface area contributed by atoms with Crippen LogP contribution in [0.25, 0.3) is 17.0 Å². The molecule has 0 spiro atoms. The van der Waals surface area contributed by atoms with Crippen molar-refractivity contribution in [3.8, 4) is 5.75 Å². The van der Waals surface area contributed by atoms with Gasteiger partial charge in [0.15, 0.2) is 0 Å². The summed E-state index contributed by atoms with van der Waals surface area (Å²) in [6, 6.07) is 18.0. The summed E-state index contributed by atoms with van der Waals surface area (Å²) in [5.74, 6) is -0.530. The van der Waals surface area contributed by atoms with Crippen molar-refractivity contribution >= 4 is 28.8 Å². The second-order valence-electron chi connectivity index (χ2n) is 10.1. The Bertz CT molecular complexity index is 1530. The molecule has 4 aromatic rings. The van der Waals surface area contributed by atoms with Gasteiger partial charge in [-0.3, -0.25) is 9.59 Å². The van der Waals surface area contributed by atoms with Crippen LogP contribution < -0.4 is 20.7 Å². The average Bonchev–Trinajstić information content (AvgIpc) is 3.38. The summed E-state index contributed by atoms with van der Waals surface area (Å²) in [5.41, 5.74) is 2.40. The molecule has 1 saturated heterocycles. The van der Waals surface area contributed by atoms with Crippen molar-refractivity contribution < 1.29 is 23.1 Å². The number of carbonyl (C=O) groups is 2. The molecule has 1 aromatic heterocycles. The van der Waals surface area contributed by atoms with Crippen LogP contribution in [0.4, 0.5) is 8.78 Å². The molecule has 0 radical (unpaired) electrons. The van der Waals surface area contributed by atoms with Crippen molar-refractivity contribution in [2.24, 2.45) is 0 Å². The van der Waals surface area contributed by atoms with Crippen LogP contribution in [0, 0.1) is 11.6 Å². The molecule has 0 atom stereocenters. The van der Waals surface area contributed by atoms with E-state index in [1.54, 1.807) is 36.4 Å². The Hall–Kier alpha value is -4.50. The summed E-state index contributed by atoms with van der Waals surface area (Å²) in [7, 11) is 0. The Kier molecular flexibility index (Phi) is 8.74. The zero-order valence-electron chi connectivity index (χ0n) is 22.5. The molecular formula is C32H32F2N4O3. The van der Waals surface area contributed by atoms with Crippen LogP contribution in [0.1, 0.15) is 29.5 Å². The second kappa shape index (κ2) is 12.8. The van der Waals surface area contributed by atoms with E-state index in [9.17, 15) is 18.4 Å². The molecule has 0 saturated carbocycles. The molecule has 2 heterocycles. The monoisotopic (exact) mass is 558 g/mol. The standard InChI is InChI=1S/C32H32F2N4O3/c33-25-6-1-23(2-7-25)21-41-27-9-3-22(4-10-27)5-12-30(39)38-32(14-17-35-18-15-32)31(40)36-16-13-24-20-37-29-11-8-26(34)19-28(24)29/h1-12,19-20,35,37H,13-18,21H2,(H,36,40)(H,38,39). The van der Waals surface area contributed by atoms with E-state index in [2.05, 4.69) is 20.9 Å². The summed E-state index contributed by atoms with van der Waals surface area (Å²) < 4.78 is 32.5. The Labute approximate surface area is 237 Å². The number of aromatic nitrogens is 1. The van der Waals surface area contributed by atoms with Crippen molar-refractivity contribution in [1.82, 2.24) is 20.9 Å². The number of carbonyl (C=O) groups excluding carboxylic acids is 2. The summed E-state index contributed by atoms with van der Waals surface area (Å²) >= 11 is 0. The lowest BCUT2D eigenvalue weighted by Gasteiger charge is -2.36. The first kappa shape index (κ1) is 28.0. The minimum absolute atomic E-state index is 0.227. The Morgan fingerprint density at radius 1 is 0.951 bits per heavy atom. The third kappa shape index (κ3) is 7.18. The average molecular weight is 559 g/mol. The number of ether oxygens (including phenoxy) is 1. The number of rotatable bonds is 10. The highest BCUT2D eigenvalue weighted by atomic mass is 19.1. The van der Waals surface area contributed by atoms with E-state index in [0.717, 1.165) is 27.6 Å². The first-order valence-electron chi connectivity index (χ1n) is 13.6. The van der Waals surface area contributed by atoms with E-state index in [-0.39, 0.29) is 23.4 Å². The predicted octanol–water partition coefficient (Wildman–Crippen LogP) is 4.64. The number of nitrogens with one attached hydrogen (secondary N) is 4. The lowest BCUT2D eigenvalue weighted by molar-refractivity contribution is -0.133. The summed E-state index contributed by atoms with van der Waals surface area (Å²) in [5, 5.41) is 9.96. The number of hydrogen-bond acceptors (Lipinski definition) is 4. The van der Waals surface area contributed by atoms with E-state index in [0.29, 0.717) is 51.3 Å². The fourth-order valence-electron chi connectivity index (χ4n) is 4.97. The summed E-state index contributed by atoms with van der Waals surface area (Å²) in [6.45, 7) is 1.90. The lowest BCUT2D eigenvalue weighted by Crippen LogP contribution is -2.62. The van der Waals surface area contributed by atoms with Crippen LogP contribution in [0.2, 0.25) is 0 Å². The Morgan fingerprint density at radius 3 is 2.44 bits per heavy atom. The number of hydrogen-bond donors (Lipinski definition) is 4. The predicted molar refractivity (Wildman–Crippen MR) is 154 cm³/mol. The minimum atomic E-state index is -1.02. The number of H-pyrrole nitrogens is 1. The van der Waals surface area contributed by atoms with Gasteiger partial charge in [-0.05, 0) is 97.6 Å². The van der Waals surface area contributed by atoms with Crippen LogP contribution in [0.3, 0.4) is 0 Å². The summed E-state index contributed by atoms with van der Waals surface area (Å²) in [4.78, 5) is 29.3. The van der Waals surface area contributed by atoms with Crippen molar-refractivity contribution in [1.29, 1.82) is 0 Å². The van der Waals surface area contributed by atoms with Gasteiger partial charge in [0.25, 0.3) is 0 Å². The normalized spacial score (nSPS) is 14.7. The molecule has 212 valence electrons. The molecule has 1 aliphatic rings. The molecule has 4 N–H and O–H groups in total. The maximum Gasteiger partial charge on any atom is 0.245 e. The fourth-order valence-corrected chi connectivity index (χ4v) is 4.97. The number of fused-ring (bicyclic) bond motifs is 1. The molecule has 1 aliphatic heterocycles. The van der Waals surface area contributed by atoms with Gasteiger partial charge in [0.1, 0.15) is 29.5 Å². The van der Waals surface area contributed by atoms with Gasteiger partial charge in [-0.1, -0.05) is 24.3 Å². The highest BCUT2D eigenvalue weighted by Crippen LogP contribution is 2.22. The van der Waals surface area contributed by atoms with E-state index in [1.807, 2.05) is 18.3 Å². The molecule has 0 unspecified atom stereocenters. The molecule has 7 nitrogen and oxygen atoms in total. The molecule has 1 fully saturated rings. The van der Waals surface area contributed by atoms with E-state index in [1.165, 1.54) is 30.3 Å². The molecular weight excluding hydrogens is 526 g/mol. The van der Waals surface area contributed by atoms with Crippen LogP contribution in [0.5, 0.6) is 5.75 Å². The van der Waals surface area contributed by atoms with Crippen LogP contribution >= 0.6 is 0 Å². The van der Waals surface area contributed by atoms with Crippen molar-refractivity contribution in [3.05, 3.63) is 107 Å². The molecule has 41 heavy (non-hydrogen) atoms. The topological polar surface area (TPSA) is 95.2 Å². The SMILES string of the molecule is O=C(C=Cc1ccc(OCc2ccc(F)cc2)cc1)NC1(C(=O)NCCc2c[nH]c3ccc(F)cc23)CCNCC1. The van der Waals surface area contributed by atoms with Gasteiger partial charge in [-0.25, -0.2) is 8.78 Å². The van der Waals surface area contributed by atoms with Crippen LogP contribution in [-0.2, 0) is 22.6 Å². The van der Waals surface area contributed by atoms with Crippen LogP contribution in [0.15, 0.2) is 79.0 Å². The first-order valence-corrected chi connectivity index (χ1v) is 13.6. The van der Waals surface area contributed by atoms with Crippen molar-refractivity contribution in [2.45, 2.75) is 31.4 Å². The smallest absolute Gasteiger partial charge is 0.245 e. The summed E-state index contributed by atoms with van der Waals surface area (Å²) in [6.07, 6.45) is 6.40. The highest BCUT2D eigenvalue weighted by molar-refractivity contribution is 5.97. The van der Waals surface area contributed by atoms with Gasteiger partial charge >= 0.3 is 0 Å². The highest BCUT2D eigenvalue weighted by Gasteiger charge is 2.40. The van der Waals surface area contributed by atoms with E-state index < -0.39 is 5.54 Å². The number of aromatic amines is 1. The zero-order chi connectivity index (χ0) is 28.7. The van der Waals surface area contributed by atoms with Gasteiger partial charge in [-0.2, -0.15) is 0 Å². The van der Waals surface area contributed by atoms with Crippen molar-refractivity contribution in [3.63, 3.8) is 0 Å². The van der Waals surface area contributed by atoms with Gasteiger partial charge in [0, 0.05) is 29.7 Å². The van der Waals surface area contributed by atoms with E-state index in [4.69, 9.17) is 4.74 Å². The molecule has 9 heteroatoms. The molecule has 0 aliphatic carbocycles. The van der Waals surface area contributed by atoms with Gasteiger partial charge in [0.05, 0.1) is 0 Å². The van der Waals surface area contributed by atoms with Gasteiger partial charge < -0.3 is 25.7 Å². The number of benzene rings is 3. The minimum Gasteiger partial charge on any atom is -0.489 e. The van der Waals surface area contributed by atoms with Crippen LogP contribution in [-0.4, -0.2) is 42.0 Å². The number of piperidine rings is 1. The lowest BCUT2D eigenvalue weighted by atomic mass is 9.87. The fraction of sp³-hybridized carbons (Fsp3) is 0.250. The molecule has 3 aromatic carbocycles. The molecule has 5 rings (SSSR count). The number of amides is 2.